The van der Waals surface area contributed by atoms with E-state index in [4.69, 9.17) is 10.5 Å². The predicted octanol–water partition coefficient (Wildman–Crippen LogP) is 1.91. The lowest BCUT2D eigenvalue weighted by Gasteiger charge is -2.29. The summed E-state index contributed by atoms with van der Waals surface area (Å²) >= 11 is 0. The zero-order valence-electron chi connectivity index (χ0n) is 12.5. The molecular formula is C17H15N5O. The Bertz CT molecular complexity index is 798. The van der Waals surface area contributed by atoms with Crippen molar-refractivity contribution in [3.8, 4) is 23.4 Å². The molecule has 1 aromatic heterocycles. The maximum atomic E-state index is 9.47. The number of hydrogen-bond acceptors (Lipinski definition) is 6. The van der Waals surface area contributed by atoms with Crippen molar-refractivity contribution in [2.24, 2.45) is 0 Å². The number of nitrogen functional groups attached to an aromatic ring is 1. The van der Waals surface area contributed by atoms with Crippen LogP contribution in [0.3, 0.4) is 0 Å². The van der Waals surface area contributed by atoms with E-state index in [0.717, 1.165) is 5.56 Å². The summed E-state index contributed by atoms with van der Waals surface area (Å²) in [6.45, 7) is 2.43. The Morgan fingerprint density at radius 3 is 2.30 bits per heavy atom. The first-order valence-electron chi connectivity index (χ1n) is 7.28. The molecule has 1 aliphatic rings. The van der Waals surface area contributed by atoms with Crippen LogP contribution in [0, 0.1) is 22.7 Å². The second-order valence-corrected chi connectivity index (χ2v) is 5.14. The molecule has 1 aromatic carbocycles. The molecule has 1 fully saturated rings. The summed E-state index contributed by atoms with van der Waals surface area (Å²) in [7, 11) is 0. The molecule has 2 N–H and O–H groups in total. The van der Waals surface area contributed by atoms with Crippen molar-refractivity contribution < 1.29 is 4.74 Å². The van der Waals surface area contributed by atoms with Crippen LogP contribution in [0.2, 0.25) is 0 Å². The van der Waals surface area contributed by atoms with Gasteiger partial charge >= 0.3 is 0 Å². The van der Waals surface area contributed by atoms with Gasteiger partial charge in [0.1, 0.15) is 29.1 Å². The minimum Gasteiger partial charge on any atom is -0.396 e. The normalized spacial score (nSPS) is 14.1. The number of benzene rings is 1. The van der Waals surface area contributed by atoms with Gasteiger partial charge in [-0.15, -0.1) is 0 Å². The van der Waals surface area contributed by atoms with Crippen molar-refractivity contribution in [3.05, 3.63) is 41.5 Å². The number of ether oxygens (including phenoxy) is 1. The molecule has 2 aromatic rings. The minimum absolute atomic E-state index is 0.186. The zero-order chi connectivity index (χ0) is 16.2. The van der Waals surface area contributed by atoms with E-state index < -0.39 is 0 Å². The molecule has 0 atom stereocenters. The van der Waals surface area contributed by atoms with Crippen molar-refractivity contribution >= 4 is 11.5 Å². The molecule has 0 bridgehead atoms. The summed E-state index contributed by atoms with van der Waals surface area (Å²) in [6, 6.07) is 13.6. The summed E-state index contributed by atoms with van der Waals surface area (Å²) in [5.74, 6) is 0.520. The van der Waals surface area contributed by atoms with Gasteiger partial charge in [0.05, 0.1) is 24.6 Å². The van der Waals surface area contributed by atoms with Crippen LogP contribution in [0.4, 0.5) is 11.5 Å². The summed E-state index contributed by atoms with van der Waals surface area (Å²) in [4.78, 5) is 6.59. The molecule has 23 heavy (non-hydrogen) atoms. The molecule has 0 aliphatic carbocycles. The van der Waals surface area contributed by atoms with Gasteiger partial charge in [-0.3, -0.25) is 0 Å². The smallest absolute Gasteiger partial charge is 0.149 e. The first-order valence-corrected chi connectivity index (χ1v) is 7.28. The van der Waals surface area contributed by atoms with Gasteiger partial charge in [0.2, 0.25) is 0 Å². The van der Waals surface area contributed by atoms with Crippen LogP contribution < -0.4 is 10.6 Å². The monoisotopic (exact) mass is 305 g/mol. The Hall–Kier alpha value is -3.09. The van der Waals surface area contributed by atoms with E-state index in [1.165, 1.54) is 0 Å². The van der Waals surface area contributed by atoms with Gasteiger partial charge in [-0.05, 0) is 0 Å². The van der Waals surface area contributed by atoms with Gasteiger partial charge in [-0.1, -0.05) is 30.3 Å². The fourth-order valence-electron chi connectivity index (χ4n) is 2.62. The third kappa shape index (κ3) is 2.68. The Morgan fingerprint density at radius 2 is 1.70 bits per heavy atom. The summed E-state index contributed by atoms with van der Waals surface area (Å²) in [6.07, 6.45) is 0. The summed E-state index contributed by atoms with van der Waals surface area (Å²) < 4.78 is 5.35. The SMILES string of the molecule is N#Cc1c(-c2ccccc2)nc(N2CCOCC2)c(C#N)c1N. The number of nitrogens with zero attached hydrogens (tertiary/aromatic N) is 4. The molecule has 3 rings (SSSR count). The second kappa shape index (κ2) is 6.35. The van der Waals surface area contributed by atoms with Gasteiger partial charge < -0.3 is 15.4 Å². The van der Waals surface area contributed by atoms with Crippen LogP contribution in [0.15, 0.2) is 30.3 Å². The summed E-state index contributed by atoms with van der Waals surface area (Å²) in [5.41, 5.74) is 8.09. The number of aromatic nitrogens is 1. The average molecular weight is 305 g/mol. The Balaban J connectivity index is 2.22. The quantitative estimate of drug-likeness (QED) is 0.910. The highest BCUT2D eigenvalue weighted by molar-refractivity contribution is 5.82. The van der Waals surface area contributed by atoms with Gasteiger partial charge in [-0.2, -0.15) is 10.5 Å². The molecule has 0 radical (unpaired) electrons. The largest absolute Gasteiger partial charge is 0.396 e. The van der Waals surface area contributed by atoms with E-state index >= 15 is 0 Å². The molecule has 0 spiro atoms. The molecule has 1 aliphatic heterocycles. The summed E-state index contributed by atoms with van der Waals surface area (Å²) in [5, 5.41) is 18.9. The van der Waals surface area contributed by atoms with Crippen LogP contribution in [0.25, 0.3) is 11.3 Å². The molecule has 6 heteroatoms. The second-order valence-electron chi connectivity index (χ2n) is 5.14. The van der Waals surface area contributed by atoms with E-state index in [1.54, 1.807) is 0 Å². The Kier molecular flexibility index (Phi) is 4.09. The Labute approximate surface area is 134 Å². The van der Waals surface area contributed by atoms with Crippen molar-refractivity contribution in [2.45, 2.75) is 0 Å². The van der Waals surface area contributed by atoms with Crippen molar-refractivity contribution in [1.82, 2.24) is 4.98 Å². The number of nitrogens with two attached hydrogens (primary N) is 1. The number of hydrogen-bond donors (Lipinski definition) is 1. The van der Waals surface area contributed by atoms with Crippen LogP contribution in [0.5, 0.6) is 0 Å². The van der Waals surface area contributed by atoms with E-state index in [1.807, 2.05) is 35.2 Å². The first-order chi connectivity index (χ1) is 11.3. The maximum Gasteiger partial charge on any atom is 0.149 e. The highest BCUT2D eigenvalue weighted by atomic mass is 16.5. The molecule has 2 heterocycles. The van der Waals surface area contributed by atoms with Crippen LogP contribution in [-0.2, 0) is 4.74 Å². The van der Waals surface area contributed by atoms with Crippen LogP contribution >= 0.6 is 0 Å². The average Bonchev–Trinajstić information content (AvgIpc) is 2.62. The Morgan fingerprint density at radius 1 is 1.04 bits per heavy atom. The van der Waals surface area contributed by atoms with Crippen LogP contribution in [-0.4, -0.2) is 31.3 Å². The number of nitriles is 2. The number of anilines is 2. The number of rotatable bonds is 2. The lowest BCUT2D eigenvalue weighted by molar-refractivity contribution is 0.122. The number of pyridine rings is 1. The van der Waals surface area contributed by atoms with Crippen molar-refractivity contribution in [2.75, 3.05) is 36.9 Å². The highest BCUT2D eigenvalue weighted by Gasteiger charge is 2.23. The molecule has 6 nitrogen and oxygen atoms in total. The van der Waals surface area contributed by atoms with Crippen LogP contribution in [0.1, 0.15) is 11.1 Å². The molecule has 1 saturated heterocycles. The van der Waals surface area contributed by atoms with E-state index in [2.05, 4.69) is 17.1 Å². The van der Waals surface area contributed by atoms with Gasteiger partial charge in [-0.25, -0.2) is 4.98 Å². The molecule has 0 saturated carbocycles. The van der Waals surface area contributed by atoms with E-state index in [9.17, 15) is 10.5 Å². The topological polar surface area (TPSA) is 99.0 Å². The minimum atomic E-state index is 0.186. The van der Waals surface area contributed by atoms with Gasteiger partial charge in [0.25, 0.3) is 0 Å². The lowest BCUT2D eigenvalue weighted by atomic mass is 10.0. The molecule has 0 amide bonds. The highest BCUT2D eigenvalue weighted by Crippen LogP contribution is 2.33. The first kappa shape index (κ1) is 14.8. The number of morpholine rings is 1. The van der Waals surface area contributed by atoms with Gasteiger partial charge in [0, 0.05) is 18.7 Å². The van der Waals surface area contributed by atoms with E-state index in [-0.39, 0.29) is 16.8 Å². The third-order valence-electron chi connectivity index (χ3n) is 3.80. The third-order valence-corrected chi connectivity index (χ3v) is 3.80. The van der Waals surface area contributed by atoms with E-state index in [0.29, 0.717) is 37.8 Å². The molecule has 0 unspecified atom stereocenters. The van der Waals surface area contributed by atoms with Crippen molar-refractivity contribution in [1.29, 1.82) is 10.5 Å². The van der Waals surface area contributed by atoms with Crippen molar-refractivity contribution in [3.63, 3.8) is 0 Å². The predicted molar refractivity (Wildman–Crippen MR) is 86.5 cm³/mol. The fraction of sp³-hybridized carbons (Fsp3) is 0.235. The zero-order valence-corrected chi connectivity index (χ0v) is 12.5. The molecule has 114 valence electrons. The lowest BCUT2D eigenvalue weighted by Crippen LogP contribution is -2.37. The maximum absolute atomic E-state index is 9.47. The van der Waals surface area contributed by atoms with Gasteiger partial charge in [0.15, 0.2) is 0 Å². The fourth-order valence-corrected chi connectivity index (χ4v) is 2.62. The standard InChI is InChI=1S/C17H15N5O/c18-10-13-15(20)14(11-19)17(22-6-8-23-9-7-22)21-16(13)12-4-2-1-3-5-12/h1-5H,6-9H2,(H2,20,21). The molecular weight excluding hydrogens is 290 g/mol.